The monoisotopic (exact) mass is 445 g/mol. The Kier molecular flexibility index (Phi) is 4.37. The molecule has 4 heteroatoms. The summed E-state index contributed by atoms with van der Waals surface area (Å²) >= 11 is 0. The highest BCUT2D eigenvalue weighted by Crippen LogP contribution is 2.45. The lowest BCUT2D eigenvalue weighted by atomic mass is 9.70. The topological polar surface area (TPSA) is 52.9 Å². The van der Waals surface area contributed by atoms with E-state index in [1.165, 1.54) is 5.56 Å². The van der Waals surface area contributed by atoms with Crippen LogP contribution < -0.4 is 0 Å². The number of H-pyrrole nitrogens is 1. The highest BCUT2D eigenvalue weighted by Gasteiger charge is 2.50. The van der Waals surface area contributed by atoms with Gasteiger partial charge in [-0.25, -0.2) is 0 Å². The van der Waals surface area contributed by atoms with Crippen molar-refractivity contribution in [2.75, 3.05) is 7.05 Å². The van der Waals surface area contributed by atoms with Crippen molar-refractivity contribution in [2.24, 2.45) is 0 Å². The predicted octanol–water partition coefficient (Wildman–Crippen LogP) is 5.70. The fourth-order valence-electron chi connectivity index (χ4n) is 5.57. The number of fused-ring (bicyclic) bond motifs is 2. The summed E-state index contributed by atoms with van der Waals surface area (Å²) in [6.07, 6.45) is 1.82. The second-order valence-corrected chi connectivity index (χ2v) is 9.63. The number of nitrogens with one attached hydrogen (secondary N) is 1. The van der Waals surface area contributed by atoms with Crippen molar-refractivity contribution in [1.82, 2.24) is 4.98 Å². The minimum Gasteiger partial charge on any atom is -0.354 e. The summed E-state index contributed by atoms with van der Waals surface area (Å²) in [5, 5.41) is 0.922. The third-order valence-corrected chi connectivity index (χ3v) is 7.37. The molecule has 0 atom stereocenters. The third kappa shape index (κ3) is 2.75. The largest absolute Gasteiger partial charge is 0.354 e. The van der Waals surface area contributed by atoms with E-state index in [0.717, 1.165) is 39.1 Å². The predicted molar refractivity (Wildman–Crippen MR) is 135 cm³/mol. The van der Waals surface area contributed by atoms with Crippen molar-refractivity contribution in [2.45, 2.75) is 25.2 Å². The molecule has 0 saturated heterocycles. The first-order valence-electron chi connectivity index (χ1n) is 11.6. The minimum atomic E-state index is -0.782. The van der Waals surface area contributed by atoms with E-state index in [-0.39, 0.29) is 22.6 Å². The normalized spacial score (nSPS) is 18.9. The summed E-state index contributed by atoms with van der Waals surface area (Å²) in [7, 11) is 2.00. The number of aromatic nitrogens is 1. The maximum absolute atomic E-state index is 13.5. The van der Waals surface area contributed by atoms with Gasteiger partial charge >= 0.3 is 0 Å². The van der Waals surface area contributed by atoms with Gasteiger partial charge in [-0.05, 0) is 25.5 Å². The maximum atomic E-state index is 13.5. The molecule has 0 bridgehead atoms. The molecule has 4 nitrogen and oxygen atoms in total. The van der Waals surface area contributed by atoms with Crippen LogP contribution in [0.1, 0.15) is 30.9 Å². The van der Waals surface area contributed by atoms with Gasteiger partial charge in [-0.3, -0.25) is 9.59 Å². The highest BCUT2D eigenvalue weighted by molar-refractivity contribution is 6.44. The molecule has 0 unspecified atom stereocenters. The van der Waals surface area contributed by atoms with Gasteiger partial charge in [0.1, 0.15) is 13.0 Å². The second kappa shape index (κ2) is 7.22. The van der Waals surface area contributed by atoms with Crippen molar-refractivity contribution >= 4 is 33.9 Å². The van der Waals surface area contributed by atoms with Crippen LogP contribution in [-0.2, 0) is 15.0 Å². The molecule has 34 heavy (non-hydrogen) atoms. The van der Waals surface area contributed by atoms with Crippen molar-refractivity contribution in [3.05, 3.63) is 102 Å². The molecule has 0 radical (unpaired) electrons. The van der Waals surface area contributed by atoms with E-state index in [2.05, 4.69) is 35.5 Å². The Morgan fingerprint density at radius 1 is 0.853 bits per heavy atom. The number of hydrogen-bond acceptors (Lipinski definition) is 2. The summed E-state index contributed by atoms with van der Waals surface area (Å²) in [5.74, 6) is -1.01. The number of Topliss-reactive ketones (excluding diaryl/α,β-unsaturated/α-hetero) is 2. The lowest BCUT2D eigenvalue weighted by Gasteiger charge is -2.27. The summed E-state index contributed by atoms with van der Waals surface area (Å²) in [6, 6.07) is 26.0. The van der Waals surface area contributed by atoms with Crippen LogP contribution in [0.4, 0.5) is 5.69 Å². The van der Waals surface area contributed by atoms with Gasteiger partial charge in [0.2, 0.25) is 5.69 Å². The second-order valence-electron chi connectivity index (χ2n) is 9.63. The van der Waals surface area contributed by atoms with Gasteiger partial charge in [0, 0.05) is 34.2 Å². The van der Waals surface area contributed by atoms with Crippen LogP contribution in [0, 0.1) is 0 Å². The molecule has 0 amide bonds. The van der Waals surface area contributed by atoms with Crippen molar-refractivity contribution in [3.8, 4) is 11.3 Å². The first-order valence-corrected chi connectivity index (χ1v) is 11.6. The number of allylic oxidation sites excluding steroid dienone is 2. The van der Waals surface area contributed by atoms with E-state index < -0.39 is 5.92 Å². The van der Waals surface area contributed by atoms with Crippen LogP contribution >= 0.6 is 0 Å². The molecular weight excluding hydrogens is 420 g/mol. The Morgan fingerprint density at radius 3 is 2.24 bits per heavy atom. The van der Waals surface area contributed by atoms with Crippen LogP contribution in [0.15, 0.2) is 90.5 Å². The number of aromatic amines is 1. The fraction of sp³-hybridized carbons (Fsp3) is 0.167. The fourth-order valence-corrected chi connectivity index (χ4v) is 5.57. The molecule has 2 heterocycles. The smallest absolute Gasteiger partial charge is 0.209 e. The van der Waals surface area contributed by atoms with Crippen LogP contribution in [0.3, 0.4) is 0 Å². The number of nitrogens with zero attached hydrogens (tertiary/aromatic N) is 1. The van der Waals surface area contributed by atoms with E-state index in [9.17, 15) is 9.59 Å². The van der Waals surface area contributed by atoms with Gasteiger partial charge in [0.05, 0.1) is 16.7 Å². The first kappa shape index (κ1) is 20.5. The molecule has 3 aromatic carbocycles. The Bertz CT molecular complexity index is 1550. The van der Waals surface area contributed by atoms with Gasteiger partial charge in [0.15, 0.2) is 17.3 Å². The Balaban J connectivity index is 1.45. The van der Waals surface area contributed by atoms with E-state index in [4.69, 9.17) is 0 Å². The van der Waals surface area contributed by atoms with E-state index >= 15 is 0 Å². The summed E-state index contributed by atoms with van der Waals surface area (Å²) in [5.41, 5.74) is 6.78. The number of benzene rings is 3. The SMILES string of the molecule is C[N+]1=C(C=C2C(=O)C(c3c(-c4ccccc4)[nH]c4ccccc34)C2=O)C(C)(C)c2ccccc21. The van der Waals surface area contributed by atoms with Gasteiger partial charge in [0.25, 0.3) is 0 Å². The molecule has 6 rings (SSSR count). The molecule has 2 aliphatic rings. The van der Waals surface area contributed by atoms with E-state index in [1.54, 1.807) is 0 Å². The molecule has 4 aromatic rings. The molecule has 1 N–H and O–H groups in total. The first-order chi connectivity index (χ1) is 16.4. The molecule has 1 aromatic heterocycles. The Hall–Kier alpha value is -4.05. The summed E-state index contributed by atoms with van der Waals surface area (Å²) in [4.78, 5) is 30.5. The zero-order valence-corrected chi connectivity index (χ0v) is 19.4. The standard InChI is InChI=1S/C30H24N2O2/c1-30(2)21-14-8-10-16-23(21)32(3)24(30)17-20-28(33)26(29(20)34)25-19-13-7-9-15-22(19)31-27(25)18-11-5-4-6-12-18/h4-17,26H,1-3H3/p+1. The Labute approximate surface area is 198 Å². The van der Waals surface area contributed by atoms with Crippen molar-refractivity contribution in [1.29, 1.82) is 0 Å². The number of rotatable bonds is 3. The lowest BCUT2D eigenvalue weighted by Crippen LogP contribution is -2.40. The maximum Gasteiger partial charge on any atom is 0.209 e. The quantitative estimate of drug-likeness (QED) is 0.190. The average Bonchev–Trinajstić information content (AvgIpc) is 3.32. The third-order valence-electron chi connectivity index (χ3n) is 7.37. The molecule has 1 aliphatic heterocycles. The van der Waals surface area contributed by atoms with Crippen molar-refractivity contribution in [3.63, 3.8) is 0 Å². The van der Waals surface area contributed by atoms with Gasteiger partial charge in [-0.15, -0.1) is 0 Å². The van der Waals surface area contributed by atoms with Crippen molar-refractivity contribution < 1.29 is 14.2 Å². The van der Waals surface area contributed by atoms with Gasteiger partial charge in [-0.1, -0.05) is 66.7 Å². The number of carbonyl (C=O) groups excluding carboxylic acids is 2. The minimum absolute atomic E-state index is 0.111. The highest BCUT2D eigenvalue weighted by atomic mass is 16.2. The van der Waals surface area contributed by atoms with Crippen LogP contribution in [0.5, 0.6) is 0 Å². The van der Waals surface area contributed by atoms with Crippen LogP contribution in [0.2, 0.25) is 0 Å². The summed E-state index contributed by atoms with van der Waals surface area (Å²) in [6.45, 7) is 4.28. The number of para-hydroxylation sites is 2. The molecule has 1 aliphatic carbocycles. The van der Waals surface area contributed by atoms with E-state index in [1.807, 2.05) is 79.9 Å². The molecule has 1 fully saturated rings. The number of carbonyl (C=O) groups is 2. The number of ketones is 2. The molecule has 0 spiro atoms. The lowest BCUT2D eigenvalue weighted by molar-refractivity contribution is -0.401. The molecule has 166 valence electrons. The van der Waals surface area contributed by atoms with Crippen LogP contribution in [0.25, 0.3) is 22.2 Å². The average molecular weight is 446 g/mol. The molecular formula is C30H25N2O2+. The zero-order chi connectivity index (χ0) is 23.6. The van der Waals surface area contributed by atoms with Gasteiger partial charge in [-0.2, -0.15) is 4.58 Å². The zero-order valence-electron chi connectivity index (χ0n) is 19.4. The Morgan fingerprint density at radius 2 is 1.50 bits per heavy atom. The number of hydrogen-bond donors (Lipinski definition) is 1. The van der Waals surface area contributed by atoms with E-state index in [0.29, 0.717) is 0 Å². The summed E-state index contributed by atoms with van der Waals surface area (Å²) < 4.78 is 2.09. The molecule has 1 saturated carbocycles. The van der Waals surface area contributed by atoms with Crippen LogP contribution in [-0.4, -0.2) is 33.9 Å². The van der Waals surface area contributed by atoms with Gasteiger partial charge < -0.3 is 4.98 Å².